The van der Waals surface area contributed by atoms with E-state index in [9.17, 15) is 14.4 Å². The molecule has 0 aromatic heterocycles. The molecule has 1 rings (SSSR count). The Kier molecular flexibility index (Phi) is 5.20. The van der Waals surface area contributed by atoms with Crippen LogP contribution in [0.4, 0.5) is 5.69 Å². The number of ketones is 1. The molecule has 0 aliphatic rings. The maximum absolute atomic E-state index is 11.7. The summed E-state index contributed by atoms with van der Waals surface area (Å²) in [6.45, 7) is 3.06. The predicted octanol–water partition coefficient (Wildman–Crippen LogP) is 1.86. The van der Waals surface area contributed by atoms with E-state index in [-0.39, 0.29) is 17.6 Å². The molecular formula is C15H18N2O3. The second-order valence-corrected chi connectivity index (χ2v) is 4.65. The van der Waals surface area contributed by atoms with Crippen molar-refractivity contribution in [2.75, 3.05) is 19.4 Å². The highest BCUT2D eigenvalue weighted by atomic mass is 16.2. The molecule has 0 aliphatic carbocycles. The summed E-state index contributed by atoms with van der Waals surface area (Å²) in [4.78, 5) is 35.9. The zero-order chi connectivity index (χ0) is 15.3. The van der Waals surface area contributed by atoms with Gasteiger partial charge in [-0.25, -0.2) is 0 Å². The van der Waals surface area contributed by atoms with Crippen LogP contribution in [0.2, 0.25) is 0 Å². The fourth-order valence-electron chi connectivity index (χ4n) is 1.58. The molecule has 106 valence electrons. The third-order valence-electron chi connectivity index (χ3n) is 2.65. The van der Waals surface area contributed by atoms with Gasteiger partial charge in [0.05, 0.1) is 0 Å². The number of amides is 2. The second kappa shape index (κ2) is 6.65. The van der Waals surface area contributed by atoms with Crippen LogP contribution in [0.1, 0.15) is 24.2 Å². The molecule has 0 unspecified atom stereocenters. The van der Waals surface area contributed by atoms with Gasteiger partial charge in [-0.3, -0.25) is 14.4 Å². The van der Waals surface area contributed by atoms with Crippen molar-refractivity contribution in [3.63, 3.8) is 0 Å². The van der Waals surface area contributed by atoms with Crippen molar-refractivity contribution in [2.24, 2.45) is 0 Å². The second-order valence-electron chi connectivity index (χ2n) is 4.65. The lowest BCUT2D eigenvalue weighted by Gasteiger charge is -2.10. The van der Waals surface area contributed by atoms with Gasteiger partial charge in [0.2, 0.25) is 11.8 Å². The number of hydrogen-bond donors (Lipinski definition) is 1. The summed E-state index contributed by atoms with van der Waals surface area (Å²) >= 11 is 0. The summed E-state index contributed by atoms with van der Waals surface area (Å²) in [5.74, 6) is -0.629. The van der Waals surface area contributed by atoms with E-state index < -0.39 is 0 Å². The molecule has 0 spiro atoms. The van der Waals surface area contributed by atoms with Gasteiger partial charge in [0.15, 0.2) is 5.78 Å². The predicted molar refractivity (Wildman–Crippen MR) is 77.5 cm³/mol. The summed E-state index contributed by atoms with van der Waals surface area (Å²) in [6.07, 6.45) is 1.25. The maximum atomic E-state index is 11.7. The van der Waals surface area contributed by atoms with Gasteiger partial charge in [-0.1, -0.05) is 0 Å². The van der Waals surface area contributed by atoms with Crippen molar-refractivity contribution in [1.29, 1.82) is 0 Å². The van der Waals surface area contributed by atoms with Gasteiger partial charge in [0, 0.05) is 37.0 Å². The van der Waals surface area contributed by atoms with Crippen LogP contribution in [-0.2, 0) is 9.59 Å². The van der Waals surface area contributed by atoms with Crippen molar-refractivity contribution in [3.05, 3.63) is 41.5 Å². The molecule has 5 nitrogen and oxygen atoms in total. The Morgan fingerprint density at radius 2 is 1.60 bits per heavy atom. The van der Waals surface area contributed by atoms with Crippen LogP contribution < -0.4 is 5.32 Å². The smallest absolute Gasteiger partial charge is 0.249 e. The van der Waals surface area contributed by atoms with E-state index in [1.54, 1.807) is 45.3 Å². The standard InChI is InChI=1S/C15H18N2O3/c1-10(15(20)17(3)4)9-14(19)16-13-7-5-12(6-8-13)11(2)18/h5-9H,1-4H3,(H,16,19)/b10-9-. The fourth-order valence-corrected chi connectivity index (χ4v) is 1.58. The Morgan fingerprint density at radius 1 is 1.05 bits per heavy atom. The summed E-state index contributed by atoms with van der Waals surface area (Å²) in [7, 11) is 3.25. The lowest BCUT2D eigenvalue weighted by Crippen LogP contribution is -2.23. The average molecular weight is 274 g/mol. The average Bonchev–Trinajstić information content (AvgIpc) is 2.37. The van der Waals surface area contributed by atoms with Gasteiger partial charge in [-0.15, -0.1) is 0 Å². The highest BCUT2D eigenvalue weighted by molar-refractivity contribution is 6.05. The molecule has 1 aromatic carbocycles. The normalized spacial score (nSPS) is 10.9. The number of nitrogens with one attached hydrogen (secondary N) is 1. The number of hydrogen-bond acceptors (Lipinski definition) is 3. The molecule has 0 saturated carbocycles. The minimum atomic E-state index is -0.381. The van der Waals surface area contributed by atoms with E-state index in [0.29, 0.717) is 16.8 Å². The number of benzene rings is 1. The summed E-state index contributed by atoms with van der Waals surface area (Å²) < 4.78 is 0. The molecule has 0 aliphatic heterocycles. The zero-order valence-corrected chi connectivity index (χ0v) is 12.1. The lowest BCUT2D eigenvalue weighted by molar-refractivity contribution is -0.125. The number of carbonyl (C=O) groups is 3. The van der Waals surface area contributed by atoms with Crippen LogP contribution in [0.3, 0.4) is 0 Å². The van der Waals surface area contributed by atoms with Crippen LogP contribution in [0, 0.1) is 0 Å². The molecule has 0 radical (unpaired) electrons. The fraction of sp³-hybridized carbons (Fsp3) is 0.267. The molecule has 0 bridgehead atoms. The quantitative estimate of drug-likeness (QED) is 0.673. The molecule has 2 amide bonds. The number of rotatable bonds is 4. The number of likely N-dealkylation sites (N-methyl/N-ethyl adjacent to an activating group) is 1. The van der Waals surface area contributed by atoms with Crippen LogP contribution in [0.15, 0.2) is 35.9 Å². The molecule has 0 saturated heterocycles. The topological polar surface area (TPSA) is 66.5 Å². The molecule has 20 heavy (non-hydrogen) atoms. The number of Topliss-reactive ketones (excluding diaryl/α,β-unsaturated/α-hetero) is 1. The van der Waals surface area contributed by atoms with Crippen LogP contribution in [0.5, 0.6) is 0 Å². The number of carbonyl (C=O) groups excluding carboxylic acids is 3. The first-order chi connectivity index (χ1) is 9.31. The van der Waals surface area contributed by atoms with Crippen LogP contribution in [0.25, 0.3) is 0 Å². The molecule has 0 heterocycles. The minimum Gasteiger partial charge on any atom is -0.345 e. The van der Waals surface area contributed by atoms with Gasteiger partial charge in [0.25, 0.3) is 0 Å². The van der Waals surface area contributed by atoms with Gasteiger partial charge >= 0.3 is 0 Å². The maximum Gasteiger partial charge on any atom is 0.249 e. The first kappa shape index (κ1) is 15.6. The Balaban J connectivity index is 2.74. The first-order valence-corrected chi connectivity index (χ1v) is 6.13. The molecule has 0 fully saturated rings. The van der Waals surface area contributed by atoms with E-state index in [2.05, 4.69) is 5.32 Å². The third-order valence-corrected chi connectivity index (χ3v) is 2.65. The summed E-state index contributed by atoms with van der Waals surface area (Å²) in [5.41, 5.74) is 1.51. The molecule has 5 heteroatoms. The molecule has 1 N–H and O–H groups in total. The summed E-state index contributed by atoms with van der Waals surface area (Å²) in [6, 6.07) is 6.57. The van der Waals surface area contributed by atoms with Crippen molar-refractivity contribution < 1.29 is 14.4 Å². The Morgan fingerprint density at radius 3 is 2.05 bits per heavy atom. The SMILES string of the molecule is CC(=O)c1ccc(NC(=O)/C=C(/C)C(=O)N(C)C)cc1. The van der Waals surface area contributed by atoms with Crippen molar-refractivity contribution >= 4 is 23.3 Å². The molecule has 0 atom stereocenters. The highest BCUT2D eigenvalue weighted by Crippen LogP contribution is 2.10. The van der Waals surface area contributed by atoms with Crippen LogP contribution in [-0.4, -0.2) is 36.6 Å². The van der Waals surface area contributed by atoms with E-state index in [1.165, 1.54) is 17.9 Å². The largest absolute Gasteiger partial charge is 0.345 e. The third kappa shape index (κ3) is 4.35. The van der Waals surface area contributed by atoms with Crippen molar-refractivity contribution in [1.82, 2.24) is 4.90 Å². The Labute approximate surface area is 118 Å². The summed E-state index contributed by atoms with van der Waals surface area (Å²) in [5, 5.41) is 2.64. The zero-order valence-electron chi connectivity index (χ0n) is 12.1. The first-order valence-electron chi connectivity index (χ1n) is 6.13. The molecule has 1 aromatic rings. The van der Waals surface area contributed by atoms with Crippen molar-refractivity contribution in [2.45, 2.75) is 13.8 Å². The minimum absolute atomic E-state index is 0.0322. The van der Waals surface area contributed by atoms with Gasteiger partial charge < -0.3 is 10.2 Å². The lowest BCUT2D eigenvalue weighted by atomic mass is 10.1. The number of nitrogens with zero attached hydrogens (tertiary/aromatic N) is 1. The monoisotopic (exact) mass is 274 g/mol. The Bertz CT molecular complexity index is 557. The van der Waals surface area contributed by atoms with E-state index in [0.717, 1.165) is 0 Å². The van der Waals surface area contributed by atoms with Crippen molar-refractivity contribution in [3.8, 4) is 0 Å². The van der Waals surface area contributed by atoms with E-state index >= 15 is 0 Å². The highest BCUT2D eigenvalue weighted by Gasteiger charge is 2.08. The van der Waals surface area contributed by atoms with E-state index in [4.69, 9.17) is 0 Å². The number of anilines is 1. The van der Waals surface area contributed by atoms with Gasteiger partial charge in [0.1, 0.15) is 0 Å². The Hall–Kier alpha value is -2.43. The van der Waals surface area contributed by atoms with Gasteiger partial charge in [-0.2, -0.15) is 0 Å². The molecular weight excluding hydrogens is 256 g/mol. The van der Waals surface area contributed by atoms with E-state index in [1.807, 2.05) is 0 Å². The van der Waals surface area contributed by atoms with Crippen LogP contribution >= 0.6 is 0 Å². The van der Waals surface area contributed by atoms with Gasteiger partial charge in [-0.05, 0) is 38.1 Å².